The maximum atomic E-state index is 5.35. The smallest absolute Gasteiger partial charge is 0.173 e. The lowest BCUT2D eigenvalue weighted by molar-refractivity contribution is 0.346. The maximum Gasteiger partial charge on any atom is 0.173 e. The first kappa shape index (κ1) is 10.4. The van der Waals surface area contributed by atoms with Crippen LogP contribution < -0.4 is 5.32 Å². The van der Waals surface area contributed by atoms with Crippen LogP contribution in [0, 0.1) is 0 Å². The molecule has 2 heterocycles. The van der Waals surface area contributed by atoms with Crippen LogP contribution >= 0.6 is 12.2 Å². The number of hydrogen-bond donors (Lipinski definition) is 1. The van der Waals surface area contributed by atoms with Crippen LogP contribution in [0.15, 0.2) is 24.5 Å². The fourth-order valence-electron chi connectivity index (χ4n) is 1.73. The molecule has 1 aromatic rings. The Kier molecular flexibility index (Phi) is 3.50. The number of hydrogen-bond acceptors (Lipinski definition) is 2. The molecule has 0 atom stereocenters. The molecule has 3 nitrogen and oxygen atoms in total. The summed E-state index contributed by atoms with van der Waals surface area (Å²) in [5.41, 5.74) is 1.01. The molecular weight excluding hydrogens is 206 g/mol. The van der Waals surface area contributed by atoms with Crippen molar-refractivity contribution in [1.29, 1.82) is 0 Å². The van der Waals surface area contributed by atoms with Crippen LogP contribution in [0.4, 0.5) is 5.69 Å². The Bertz CT molecular complexity index is 320. The van der Waals surface area contributed by atoms with E-state index in [2.05, 4.69) is 15.2 Å². The Morgan fingerprint density at radius 1 is 1.20 bits per heavy atom. The van der Waals surface area contributed by atoms with Gasteiger partial charge in [-0.05, 0) is 43.6 Å². The second-order valence-electron chi connectivity index (χ2n) is 3.71. The highest BCUT2D eigenvalue weighted by molar-refractivity contribution is 7.80. The molecule has 0 spiro atoms. The van der Waals surface area contributed by atoms with Crippen LogP contribution in [0.25, 0.3) is 0 Å². The summed E-state index contributed by atoms with van der Waals surface area (Å²) in [6, 6.07) is 3.85. The van der Waals surface area contributed by atoms with Crippen LogP contribution in [0.2, 0.25) is 0 Å². The molecule has 1 N–H and O–H groups in total. The van der Waals surface area contributed by atoms with Gasteiger partial charge in [-0.1, -0.05) is 0 Å². The molecule has 1 aliphatic heterocycles. The largest absolute Gasteiger partial charge is 0.349 e. The zero-order valence-corrected chi connectivity index (χ0v) is 9.46. The van der Waals surface area contributed by atoms with Gasteiger partial charge in [-0.2, -0.15) is 0 Å². The number of pyridine rings is 1. The lowest BCUT2D eigenvalue weighted by Crippen LogP contribution is -2.38. The minimum atomic E-state index is 0.834. The van der Waals surface area contributed by atoms with E-state index >= 15 is 0 Å². The minimum absolute atomic E-state index is 0.834. The molecule has 1 aliphatic rings. The molecule has 15 heavy (non-hydrogen) atoms. The van der Waals surface area contributed by atoms with Gasteiger partial charge in [-0.15, -0.1) is 0 Å². The molecule has 0 unspecified atom stereocenters. The van der Waals surface area contributed by atoms with Crippen molar-refractivity contribution in [1.82, 2.24) is 9.88 Å². The maximum absolute atomic E-state index is 5.35. The summed E-state index contributed by atoms with van der Waals surface area (Å²) < 4.78 is 0. The third kappa shape index (κ3) is 2.89. The Hall–Kier alpha value is -1.16. The van der Waals surface area contributed by atoms with Crippen molar-refractivity contribution in [2.24, 2.45) is 0 Å². The molecule has 0 radical (unpaired) electrons. The Labute approximate surface area is 95.5 Å². The van der Waals surface area contributed by atoms with Crippen molar-refractivity contribution in [3.8, 4) is 0 Å². The van der Waals surface area contributed by atoms with E-state index in [4.69, 9.17) is 12.2 Å². The molecule has 0 aliphatic carbocycles. The highest BCUT2D eigenvalue weighted by Gasteiger charge is 2.12. The molecule has 1 saturated heterocycles. The molecule has 4 heteroatoms. The predicted molar refractivity (Wildman–Crippen MR) is 65.9 cm³/mol. The first-order valence-corrected chi connectivity index (χ1v) is 5.73. The zero-order chi connectivity index (χ0) is 10.5. The van der Waals surface area contributed by atoms with Gasteiger partial charge < -0.3 is 10.2 Å². The van der Waals surface area contributed by atoms with Gasteiger partial charge in [0.05, 0.1) is 0 Å². The summed E-state index contributed by atoms with van der Waals surface area (Å²) in [5, 5.41) is 4.06. The lowest BCUT2D eigenvalue weighted by Gasteiger charge is -2.29. The number of aromatic nitrogens is 1. The van der Waals surface area contributed by atoms with E-state index in [0.29, 0.717) is 0 Å². The Morgan fingerprint density at radius 2 is 1.87 bits per heavy atom. The summed E-state index contributed by atoms with van der Waals surface area (Å²) in [6.45, 7) is 2.16. The predicted octanol–water partition coefficient (Wildman–Crippen LogP) is 2.26. The summed E-state index contributed by atoms with van der Waals surface area (Å²) in [5.74, 6) is 0. The number of thiocarbonyl (C=S) groups is 1. The number of nitrogens with one attached hydrogen (secondary N) is 1. The average Bonchev–Trinajstić information content (AvgIpc) is 2.31. The molecule has 1 fully saturated rings. The molecule has 0 aromatic carbocycles. The molecule has 80 valence electrons. The average molecular weight is 221 g/mol. The second kappa shape index (κ2) is 5.07. The van der Waals surface area contributed by atoms with Gasteiger partial charge in [-0.3, -0.25) is 4.98 Å². The van der Waals surface area contributed by atoms with E-state index in [1.54, 1.807) is 12.4 Å². The van der Waals surface area contributed by atoms with Gasteiger partial charge in [0.25, 0.3) is 0 Å². The Balaban J connectivity index is 1.91. The van der Waals surface area contributed by atoms with Gasteiger partial charge in [0, 0.05) is 31.2 Å². The number of piperidine rings is 1. The minimum Gasteiger partial charge on any atom is -0.349 e. The normalized spacial score (nSPS) is 16.1. The number of anilines is 1. The number of nitrogens with zero attached hydrogens (tertiary/aromatic N) is 2. The van der Waals surface area contributed by atoms with Crippen LogP contribution in [-0.4, -0.2) is 28.1 Å². The topological polar surface area (TPSA) is 28.2 Å². The first-order valence-electron chi connectivity index (χ1n) is 5.32. The molecule has 0 saturated carbocycles. The second-order valence-corrected chi connectivity index (χ2v) is 4.10. The van der Waals surface area contributed by atoms with Crippen molar-refractivity contribution < 1.29 is 0 Å². The Morgan fingerprint density at radius 3 is 2.53 bits per heavy atom. The van der Waals surface area contributed by atoms with Crippen LogP contribution in [0.1, 0.15) is 19.3 Å². The number of likely N-dealkylation sites (tertiary alicyclic amines) is 1. The van der Waals surface area contributed by atoms with E-state index in [1.807, 2.05) is 12.1 Å². The lowest BCUT2D eigenvalue weighted by atomic mass is 10.1. The molecule has 1 aromatic heterocycles. The van der Waals surface area contributed by atoms with Crippen molar-refractivity contribution in [2.75, 3.05) is 18.4 Å². The fraction of sp³-hybridized carbons (Fsp3) is 0.455. The van der Waals surface area contributed by atoms with Gasteiger partial charge in [0.2, 0.25) is 0 Å². The first-order chi connectivity index (χ1) is 7.36. The van der Waals surface area contributed by atoms with Crippen LogP contribution in [-0.2, 0) is 0 Å². The third-order valence-corrected chi connectivity index (χ3v) is 2.94. The van der Waals surface area contributed by atoms with Crippen molar-refractivity contribution >= 4 is 23.0 Å². The highest BCUT2D eigenvalue weighted by atomic mass is 32.1. The van der Waals surface area contributed by atoms with Gasteiger partial charge in [0.15, 0.2) is 5.11 Å². The third-order valence-electron chi connectivity index (χ3n) is 2.57. The zero-order valence-electron chi connectivity index (χ0n) is 8.65. The van der Waals surface area contributed by atoms with Crippen LogP contribution in [0.5, 0.6) is 0 Å². The monoisotopic (exact) mass is 221 g/mol. The van der Waals surface area contributed by atoms with E-state index in [-0.39, 0.29) is 0 Å². The quantitative estimate of drug-likeness (QED) is 0.736. The molecule has 0 bridgehead atoms. The standard InChI is InChI=1S/C11H15N3S/c15-11(14-8-2-1-3-9-14)13-10-4-6-12-7-5-10/h4-7H,1-3,8-9H2,(H,12,13,15). The van der Waals surface area contributed by atoms with Gasteiger partial charge >= 0.3 is 0 Å². The molecule has 2 rings (SSSR count). The summed E-state index contributed by atoms with van der Waals surface area (Å²) >= 11 is 5.35. The van der Waals surface area contributed by atoms with Gasteiger partial charge in [0.1, 0.15) is 0 Å². The van der Waals surface area contributed by atoms with Crippen LogP contribution in [0.3, 0.4) is 0 Å². The van der Waals surface area contributed by atoms with Crippen molar-refractivity contribution in [3.63, 3.8) is 0 Å². The summed E-state index contributed by atoms with van der Waals surface area (Å²) in [6.07, 6.45) is 7.35. The van der Waals surface area contributed by atoms with Gasteiger partial charge in [-0.25, -0.2) is 0 Å². The SMILES string of the molecule is S=C(Nc1ccncc1)N1CCCCC1. The van der Waals surface area contributed by atoms with Crippen molar-refractivity contribution in [3.05, 3.63) is 24.5 Å². The van der Waals surface area contributed by atoms with E-state index in [9.17, 15) is 0 Å². The number of rotatable bonds is 1. The van der Waals surface area contributed by atoms with E-state index in [0.717, 1.165) is 23.9 Å². The van der Waals surface area contributed by atoms with Crippen molar-refractivity contribution in [2.45, 2.75) is 19.3 Å². The highest BCUT2D eigenvalue weighted by Crippen LogP contribution is 2.11. The van der Waals surface area contributed by atoms with E-state index in [1.165, 1.54) is 19.3 Å². The summed E-state index contributed by atoms with van der Waals surface area (Å²) in [4.78, 5) is 6.20. The molecular formula is C11H15N3S. The fourth-order valence-corrected chi connectivity index (χ4v) is 2.04. The molecule has 0 amide bonds. The summed E-state index contributed by atoms with van der Waals surface area (Å²) in [7, 11) is 0. The van der Waals surface area contributed by atoms with E-state index < -0.39 is 0 Å².